The van der Waals surface area contributed by atoms with Gasteiger partial charge < -0.3 is 14.4 Å². The molecular formula is C21H29NO3. The van der Waals surface area contributed by atoms with Gasteiger partial charge in [-0.2, -0.15) is 0 Å². The molecule has 1 amide bonds. The highest BCUT2D eigenvalue weighted by molar-refractivity contribution is 5.76. The number of benzene rings is 1. The van der Waals surface area contributed by atoms with Gasteiger partial charge in [-0.05, 0) is 43.6 Å². The lowest BCUT2D eigenvalue weighted by atomic mass is 9.89. The molecule has 0 aromatic heterocycles. The number of hydrogen-bond acceptors (Lipinski definition) is 3. The number of carbonyl (C=O) groups excluding carboxylic acids is 1. The molecule has 0 bridgehead atoms. The van der Waals surface area contributed by atoms with Crippen LogP contribution >= 0.6 is 0 Å². The van der Waals surface area contributed by atoms with Crippen LogP contribution in [0.2, 0.25) is 0 Å². The summed E-state index contributed by atoms with van der Waals surface area (Å²) < 4.78 is 12.2. The zero-order valence-corrected chi connectivity index (χ0v) is 15.0. The number of carbonyl (C=O) groups is 1. The monoisotopic (exact) mass is 343 g/mol. The number of aryl methyl sites for hydroxylation is 1. The zero-order valence-electron chi connectivity index (χ0n) is 15.0. The molecule has 1 saturated carbocycles. The van der Waals surface area contributed by atoms with E-state index in [9.17, 15) is 4.79 Å². The summed E-state index contributed by atoms with van der Waals surface area (Å²) in [6.45, 7) is 3.19. The van der Waals surface area contributed by atoms with Gasteiger partial charge in [0.05, 0.1) is 18.3 Å². The summed E-state index contributed by atoms with van der Waals surface area (Å²) in [7, 11) is 0. The first kappa shape index (κ1) is 17.0. The third kappa shape index (κ3) is 4.42. The Kier molecular flexibility index (Phi) is 5.09. The fourth-order valence-electron chi connectivity index (χ4n) is 4.12. The highest BCUT2D eigenvalue weighted by Crippen LogP contribution is 2.37. The summed E-state index contributed by atoms with van der Waals surface area (Å²) in [5.41, 5.74) is 1.07. The van der Waals surface area contributed by atoms with E-state index in [0.717, 1.165) is 51.3 Å². The van der Waals surface area contributed by atoms with E-state index < -0.39 is 0 Å². The average Bonchev–Trinajstić information content (AvgIpc) is 3.41. The lowest BCUT2D eigenvalue weighted by molar-refractivity contribution is -0.139. The molecule has 1 spiro atoms. The molecule has 136 valence electrons. The molecular weight excluding hydrogens is 314 g/mol. The molecule has 2 aliphatic heterocycles. The van der Waals surface area contributed by atoms with Gasteiger partial charge in [-0.25, -0.2) is 0 Å². The fraction of sp³-hybridized carbons (Fsp3) is 0.667. The van der Waals surface area contributed by atoms with Gasteiger partial charge >= 0.3 is 0 Å². The molecule has 3 aliphatic rings. The van der Waals surface area contributed by atoms with Gasteiger partial charge in [-0.1, -0.05) is 30.3 Å². The number of hydrogen-bond donors (Lipinski definition) is 0. The van der Waals surface area contributed by atoms with Crippen molar-refractivity contribution in [1.29, 1.82) is 0 Å². The number of amides is 1. The van der Waals surface area contributed by atoms with Crippen LogP contribution in [0.3, 0.4) is 0 Å². The maximum atomic E-state index is 12.7. The van der Waals surface area contributed by atoms with Gasteiger partial charge in [-0.3, -0.25) is 4.79 Å². The van der Waals surface area contributed by atoms with Crippen LogP contribution in [0.15, 0.2) is 30.3 Å². The van der Waals surface area contributed by atoms with Gasteiger partial charge in [0.1, 0.15) is 0 Å². The first-order chi connectivity index (χ1) is 12.2. The number of ether oxygens (including phenoxy) is 2. The Hall–Kier alpha value is -1.39. The Balaban J connectivity index is 1.27. The number of likely N-dealkylation sites (tertiary alicyclic amines) is 1. The van der Waals surface area contributed by atoms with Crippen LogP contribution in [0.1, 0.15) is 44.1 Å². The van der Waals surface area contributed by atoms with E-state index in [1.54, 1.807) is 0 Å². The maximum Gasteiger partial charge on any atom is 0.222 e. The normalized spacial score (nSPS) is 29.3. The largest absolute Gasteiger partial charge is 0.375 e. The molecule has 4 rings (SSSR count). The van der Waals surface area contributed by atoms with Gasteiger partial charge in [0.25, 0.3) is 0 Å². The molecule has 0 unspecified atom stereocenters. The Morgan fingerprint density at radius 1 is 1.28 bits per heavy atom. The first-order valence-electron chi connectivity index (χ1n) is 9.80. The average molecular weight is 343 g/mol. The lowest BCUT2D eigenvalue weighted by Gasteiger charge is -2.39. The predicted octanol–water partition coefficient (Wildman–Crippen LogP) is 3.20. The molecule has 4 nitrogen and oxygen atoms in total. The summed E-state index contributed by atoms with van der Waals surface area (Å²) in [4.78, 5) is 14.7. The minimum absolute atomic E-state index is 0.158. The van der Waals surface area contributed by atoms with Crippen molar-refractivity contribution in [1.82, 2.24) is 4.90 Å². The van der Waals surface area contributed by atoms with Crippen LogP contribution in [0.25, 0.3) is 0 Å². The molecule has 1 aliphatic carbocycles. The smallest absolute Gasteiger partial charge is 0.222 e. The van der Waals surface area contributed by atoms with Gasteiger partial charge in [0.2, 0.25) is 5.91 Å². The summed E-state index contributed by atoms with van der Waals surface area (Å²) in [5.74, 6) is 1.05. The minimum Gasteiger partial charge on any atom is -0.375 e. The molecule has 2 heterocycles. The van der Waals surface area contributed by atoms with Crippen molar-refractivity contribution in [3.05, 3.63) is 35.9 Å². The second-order valence-electron chi connectivity index (χ2n) is 8.00. The van der Waals surface area contributed by atoms with Crippen LogP contribution in [0, 0.1) is 5.92 Å². The Morgan fingerprint density at radius 3 is 2.92 bits per heavy atom. The van der Waals surface area contributed by atoms with Gasteiger partial charge in [0.15, 0.2) is 0 Å². The van der Waals surface area contributed by atoms with E-state index in [-0.39, 0.29) is 17.6 Å². The molecule has 2 saturated heterocycles. The van der Waals surface area contributed by atoms with Crippen molar-refractivity contribution >= 4 is 5.91 Å². The van der Waals surface area contributed by atoms with Crippen molar-refractivity contribution < 1.29 is 14.3 Å². The van der Waals surface area contributed by atoms with E-state index in [4.69, 9.17) is 9.47 Å². The molecule has 4 heteroatoms. The second-order valence-corrected chi connectivity index (χ2v) is 8.00. The van der Waals surface area contributed by atoms with Crippen LogP contribution < -0.4 is 0 Å². The van der Waals surface area contributed by atoms with Crippen LogP contribution in [-0.2, 0) is 20.7 Å². The van der Waals surface area contributed by atoms with Crippen LogP contribution in [0.5, 0.6) is 0 Å². The lowest BCUT2D eigenvalue weighted by Crippen LogP contribution is -2.50. The van der Waals surface area contributed by atoms with Crippen LogP contribution in [-0.4, -0.2) is 48.8 Å². The Morgan fingerprint density at radius 2 is 2.12 bits per heavy atom. The third-order valence-electron chi connectivity index (χ3n) is 5.80. The SMILES string of the molecule is O=C(CCc1ccccc1)N1CCC[C@]2(C[C@H](OCC3CC3)CO2)C1. The first-order valence-corrected chi connectivity index (χ1v) is 9.80. The highest BCUT2D eigenvalue weighted by Gasteiger charge is 2.45. The molecule has 0 N–H and O–H groups in total. The number of nitrogens with zero attached hydrogens (tertiary/aromatic N) is 1. The summed E-state index contributed by atoms with van der Waals surface area (Å²) >= 11 is 0. The van der Waals surface area contributed by atoms with Gasteiger partial charge in [0, 0.05) is 32.5 Å². The molecule has 1 aromatic rings. The minimum atomic E-state index is -0.158. The maximum absolute atomic E-state index is 12.7. The number of rotatable bonds is 6. The molecule has 1 aromatic carbocycles. The molecule has 3 fully saturated rings. The second kappa shape index (κ2) is 7.46. The summed E-state index contributed by atoms with van der Waals surface area (Å²) in [6.07, 6.45) is 7.30. The van der Waals surface area contributed by atoms with E-state index in [0.29, 0.717) is 13.0 Å². The van der Waals surface area contributed by atoms with Crippen molar-refractivity contribution in [3.8, 4) is 0 Å². The highest BCUT2D eigenvalue weighted by atomic mass is 16.6. The fourth-order valence-corrected chi connectivity index (χ4v) is 4.12. The quantitative estimate of drug-likeness (QED) is 0.796. The van der Waals surface area contributed by atoms with Crippen molar-refractivity contribution in [2.75, 3.05) is 26.3 Å². The zero-order chi connectivity index (χ0) is 17.1. The topological polar surface area (TPSA) is 38.8 Å². The molecule has 25 heavy (non-hydrogen) atoms. The molecule has 2 atom stereocenters. The van der Waals surface area contributed by atoms with Gasteiger partial charge in [-0.15, -0.1) is 0 Å². The van der Waals surface area contributed by atoms with Crippen molar-refractivity contribution in [3.63, 3.8) is 0 Å². The standard InChI is InChI=1S/C21H29NO3/c23-20(10-9-17-5-2-1-3-6-17)22-12-4-11-21(16-22)13-19(15-25-21)24-14-18-7-8-18/h1-3,5-6,18-19H,4,7-16H2/t19-,21-/m0/s1. The number of piperidine rings is 1. The van der Waals surface area contributed by atoms with E-state index in [1.807, 2.05) is 23.1 Å². The van der Waals surface area contributed by atoms with Crippen molar-refractivity contribution in [2.45, 2.75) is 56.7 Å². The van der Waals surface area contributed by atoms with E-state index in [2.05, 4.69) is 12.1 Å². The summed E-state index contributed by atoms with van der Waals surface area (Å²) in [6, 6.07) is 10.3. The Labute approximate surface area is 150 Å². The van der Waals surface area contributed by atoms with Crippen molar-refractivity contribution in [2.24, 2.45) is 5.92 Å². The molecule has 0 radical (unpaired) electrons. The Bertz CT molecular complexity index is 586. The summed E-state index contributed by atoms with van der Waals surface area (Å²) in [5, 5.41) is 0. The third-order valence-corrected chi connectivity index (χ3v) is 5.80. The van der Waals surface area contributed by atoms with E-state index in [1.165, 1.54) is 18.4 Å². The van der Waals surface area contributed by atoms with Crippen LogP contribution in [0.4, 0.5) is 0 Å². The van der Waals surface area contributed by atoms with E-state index >= 15 is 0 Å². The predicted molar refractivity (Wildman–Crippen MR) is 96.3 cm³/mol.